The van der Waals surface area contributed by atoms with E-state index in [2.05, 4.69) is 16.3 Å². The van der Waals surface area contributed by atoms with Crippen LogP contribution in [0.1, 0.15) is 45.7 Å². The van der Waals surface area contributed by atoms with Crippen LogP contribution in [0.3, 0.4) is 0 Å². The number of esters is 1. The predicted octanol–water partition coefficient (Wildman–Crippen LogP) is 4.52. The number of rotatable bonds is 11. The number of aryl methyl sites for hydroxylation is 2. The number of aromatic nitrogens is 1. The van der Waals surface area contributed by atoms with Crippen LogP contribution in [0.2, 0.25) is 0 Å². The molecule has 46 heavy (non-hydrogen) atoms. The van der Waals surface area contributed by atoms with Gasteiger partial charge in [0.25, 0.3) is 0 Å². The van der Waals surface area contributed by atoms with Gasteiger partial charge in [-0.3, -0.25) is 9.69 Å². The van der Waals surface area contributed by atoms with Gasteiger partial charge in [0, 0.05) is 35.0 Å². The largest absolute Gasteiger partial charge is 0.425 e. The monoisotopic (exact) mass is 644 g/mol. The Labute approximate surface area is 271 Å². The maximum Gasteiger partial charge on any atom is 0.325 e. The van der Waals surface area contributed by atoms with Gasteiger partial charge in [-0.2, -0.15) is 5.26 Å². The third-order valence-corrected chi connectivity index (χ3v) is 9.21. The van der Waals surface area contributed by atoms with Crippen LogP contribution in [0, 0.1) is 36.8 Å². The van der Waals surface area contributed by atoms with Crippen molar-refractivity contribution in [2.45, 2.75) is 38.8 Å². The summed E-state index contributed by atoms with van der Waals surface area (Å²) in [7, 11) is 1.69. The van der Waals surface area contributed by atoms with E-state index in [1.807, 2.05) is 55.9 Å². The van der Waals surface area contributed by atoms with Crippen LogP contribution in [-0.2, 0) is 16.9 Å². The van der Waals surface area contributed by atoms with Gasteiger partial charge in [-0.15, -0.1) is 11.3 Å². The van der Waals surface area contributed by atoms with Crippen molar-refractivity contribution in [2.24, 2.45) is 0 Å². The number of likely N-dealkylation sites (N-methyl/N-ethyl adjacent to an activating group) is 1. The first-order valence-corrected chi connectivity index (χ1v) is 15.7. The highest BCUT2D eigenvalue weighted by molar-refractivity contribution is 7.10. The Balaban J connectivity index is 1.35. The Bertz CT molecular complexity index is 1780. The third-order valence-electron chi connectivity index (χ3n) is 8.18. The molecule has 1 aliphatic heterocycles. The van der Waals surface area contributed by atoms with Gasteiger partial charge in [-0.05, 0) is 55.8 Å². The van der Waals surface area contributed by atoms with Crippen LogP contribution in [0.25, 0.3) is 11.3 Å². The molecule has 1 unspecified atom stereocenters. The molecule has 0 radical (unpaired) electrons. The summed E-state index contributed by atoms with van der Waals surface area (Å²) in [5.41, 5.74) is 3.06. The van der Waals surface area contributed by atoms with E-state index in [0.29, 0.717) is 35.2 Å². The number of quaternary nitrogens is 1. The molecule has 0 saturated heterocycles. The summed E-state index contributed by atoms with van der Waals surface area (Å²) in [6.07, 6.45) is 3.87. The summed E-state index contributed by atoms with van der Waals surface area (Å²) in [5.74, 6) is -1.98. The first-order valence-electron chi connectivity index (χ1n) is 14.9. The maximum absolute atomic E-state index is 15.3. The molecule has 3 N–H and O–H groups in total. The fraction of sp³-hybridized carbons (Fsp3) is 0.286. The molecule has 0 spiro atoms. The van der Waals surface area contributed by atoms with E-state index in [1.165, 1.54) is 17.4 Å². The number of halogens is 2. The van der Waals surface area contributed by atoms with Gasteiger partial charge in [0.15, 0.2) is 12.3 Å². The summed E-state index contributed by atoms with van der Waals surface area (Å²) in [6, 6.07) is 16.4. The SMILES string of the molecule is CNCC(=O)Oc1c(C)cc(CN2C=C[NH+](C[C@](O)(c3ccc(F)cc3F)[C@@H](C)c3nc(-c4ccc(C#N)cc4)cs3)C2)cc1C. The van der Waals surface area contributed by atoms with Crippen molar-refractivity contribution in [1.29, 1.82) is 5.26 Å². The highest BCUT2D eigenvalue weighted by Gasteiger charge is 2.44. The Morgan fingerprint density at radius 1 is 1.20 bits per heavy atom. The van der Waals surface area contributed by atoms with E-state index < -0.39 is 23.2 Å². The van der Waals surface area contributed by atoms with Crippen LogP contribution < -0.4 is 15.0 Å². The van der Waals surface area contributed by atoms with Crippen molar-refractivity contribution in [2.75, 3.05) is 26.8 Å². The van der Waals surface area contributed by atoms with E-state index in [1.54, 1.807) is 26.1 Å². The van der Waals surface area contributed by atoms with Crippen molar-refractivity contribution < 1.29 is 28.3 Å². The lowest BCUT2D eigenvalue weighted by atomic mass is 9.81. The summed E-state index contributed by atoms with van der Waals surface area (Å²) in [6.45, 7) is 6.91. The lowest BCUT2D eigenvalue weighted by Gasteiger charge is -2.34. The molecule has 238 valence electrons. The van der Waals surface area contributed by atoms with Crippen molar-refractivity contribution in [3.05, 3.63) is 117 Å². The molecule has 11 heteroatoms. The zero-order valence-electron chi connectivity index (χ0n) is 26.1. The van der Waals surface area contributed by atoms with Crippen molar-refractivity contribution in [1.82, 2.24) is 15.2 Å². The molecule has 1 aliphatic rings. The first-order chi connectivity index (χ1) is 22.0. The number of carbonyl (C=O) groups excluding carboxylic acids is 1. The molecule has 1 aromatic heterocycles. The summed E-state index contributed by atoms with van der Waals surface area (Å²) in [5, 5.41) is 26.7. The molecular formula is C35H36F2N5O3S+. The first kappa shape index (κ1) is 32.9. The van der Waals surface area contributed by atoms with E-state index in [9.17, 15) is 14.3 Å². The van der Waals surface area contributed by atoms with Gasteiger partial charge in [0.1, 0.15) is 30.1 Å². The van der Waals surface area contributed by atoms with Gasteiger partial charge in [0.05, 0.1) is 35.1 Å². The molecule has 8 nitrogen and oxygen atoms in total. The van der Waals surface area contributed by atoms with E-state index in [4.69, 9.17) is 15.0 Å². The lowest BCUT2D eigenvalue weighted by Crippen LogP contribution is -3.09. The molecule has 3 aromatic carbocycles. The topological polar surface area (TPSA) is 103 Å². The number of carbonyl (C=O) groups is 1. The Morgan fingerprint density at radius 3 is 2.57 bits per heavy atom. The van der Waals surface area contributed by atoms with Crippen molar-refractivity contribution >= 4 is 17.3 Å². The quantitative estimate of drug-likeness (QED) is 0.163. The second kappa shape index (κ2) is 13.9. The molecule has 0 bridgehead atoms. The Morgan fingerprint density at radius 2 is 1.91 bits per heavy atom. The fourth-order valence-corrected chi connectivity index (χ4v) is 6.80. The van der Waals surface area contributed by atoms with E-state index in [0.717, 1.165) is 39.3 Å². The van der Waals surface area contributed by atoms with Gasteiger partial charge in [-0.1, -0.05) is 37.3 Å². The minimum absolute atomic E-state index is 0.00512. The molecular weight excluding hydrogens is 608 g/mol. The van der Waals surface area contributed by atoms with Crippen molar-refractivity contribution in [3.8, 4) is 23.1 Å². The van der Waals surface area contributed by atoms with E-state index in [-0.39, 0.29) is 24.6 Å². The molecule has 0 saturated carbocycles. The highest BCUT2D eigenvalue weighted by Crippen LogP contribution is 2.40. The third kappa shape index (κ3) is 7.16. The van der Waals surface area contributed by atoms with Crippen LogP contribution in [-0.4, -0.2) is 47.8 Å². The summed E-state index contributed by atoms with van der Waals surface area (Å²) < 4.78 is 34.8. The molecule has 0 aliphatic carbocycles. The Kier molecular flexibility index (Phi) is 9.94. The van der Waals surface area contributed by atoms with E-state index >= 15 is 4.39 Å². The number of ether oxygens (including phenoxy) is 1. The average molecular weight is 645 g/mol. The summed E-state index contributed by atoms with van der Waals surface area (Å²) in [4.78, 5) is 19.8. The Hall–Kier alpha value is -4.47. The molecule has 3 atom stereocenters. The van der Waals surface area contributed by atoms with Gasteiger partial charge in [-0.25, -0.2) is 13.8 Å². The number of hydrogen-bond acceptors (Lipinski definition) is 8. The lowest BCUT2D eigenvalue weighted by molar-refractivity contribution is -0.858. The van der Waals surface area contributed by atoms with Crippen molar-refractivity contribution in [3.63, 3.8) is 0 Å². The highest BCUT2D eigenvalue weighted by atomic mass is 32.1. The minimum Gasteiger partial charge on any atom is -0.425 e. The molecule has 0 fully saturated rings. The van der Waals surface area contributed by atoms with Crippen LogP contribution in [0.5, 0.6) is 5.75 Å². The van der Waals surface area contributed by atoms with Crippen LogP contribution >= 0.6 is 11.3 Å². The maximum atomic E-state index is 15.3. The zero-order valence-corrected chi connectivity index (χ0v) is 26.9. The van der Waals surface area contributed by atoms with Crippen LogP contribution in [0.4, 0.5) is 8.78 Å². The second-order valence-electron chi connectivity index (χ2n) is 11.6. The molecule has 2 heterocycles. The summed E-state index contributed by atoms with van der Waals surface area (Å²) >= 11 is 1.36. The average Bonchev–Trinajstić information content (AvgIpc) is 3.68. The number of nitrogens with zero attached hydrogens (tertiary/aromatic N) is 3. The standard InChI is InChI=1S/C35H35F2N5O3S/c1-22-13-26(14-23(2)33(22)45-32(43)17-39-4)18-41-11-12-42(21-41)20-35(44,29-10-9-28(36)15-30(29)37)24(3)34-40-31(19-46-34)27-7-5-25(16-38)6-8-27/h5-15,19,24,39,44H,17-18,20-21H2,1-4H3/p+1/t24-,35+/m0/s1. The number of nitrogens with one attached hydrogen (secondary N) is 2. The predicted molar refractivity (Wildman–Crippen MR) is 172 cm³/mol. The van der Waals surface area contributed by atoms with Gasteiger partial charge < -0.3 is 20.1 Å². The minimum atomic E-state index is -1.72. The number of thiazole rings is 1. The smallest absolute Gasteiger partial charge is 0.325 e. The number of hydrogen-bond donors (Lipinski definition) is 3. The normalized spacial score (nSPS) is 16.2. The van der Waals surface area contributed by atoms with Gasteiger partial charge >= 0.3 is 5.97 Å². The fourth-order valence-electron chi connectivity index (χ4n) is 5.83. The number of nitriles is 1. The second-order valence-corrected chi connectivity index (χ2v) is 12.5. The number of benzene rings is 3. The molecule has 0 amide bonds. The molecule has 5 rings (SSSR count). The van der Waals surface area contributed by atoms with Gasteiger partial charge in [0.2, 0.25) is 0 Å². The number of aliphatic hydroxyl groups is 1. The zero-order chi connectivity index (χ0) is 33.0. The molecule has 4 aromatic rings. The van der Waals surface area contributed by atoms with Crippen LogP contribution in [0.15, 0.2) is 72.4 Å².